The second kappa shape index (κ2) is 11.6. The van der Waals surface area contributed by atoms with Crippen molar-refractivity contribution in [3.8, 4) is 16.9 Å². The van der Waals surface area contributed by atoms with E-state index in [0.717, 1.165) is 83.2 Å². The highest BCUT2D eigenvalue weighted by Crippen LogP contribution is 2.47. The van der Waals surface area contributed by atoms with Gasteiger partial charge in [0.15, 0.2) is 5.13 Å². The lowest BCUT2D eigenvalue weighted by Gasteiger charge is -2.37. The molecule has 8 nitrogen and oxygen atoms in total. The number of halogens is 2. The molecule has 1 aliphatic carbocycles. The quantitative estimate of drug-likeness (QED) is 0.199. The number of hydrogen-bond donors (Lipinski definition) is 1. The molecule has 3 fully saturated rings. The van der Waals surface area contributed by atoms with E-state index in [9.17, 15) is 9.90 Å². The fraction of sp³-hybridized carbons (Fsp3) is 0.438. The van der Waals surface area contributed by atoms with E-state index in [-0.39, 0.29) is 17.8 Å². The molecule has 1 N–H and O–H groups in total. The predicted molar refractivity (Wildman–Crippen MR) is 169 cm³/mol. The number of fused-ring (bicyclic) bond motifs is 2. The fourth-order valence-corrected chi connectivity index (χ4v) is 7.94. The van der Waals surface area contributed by atoms with Gasteiger partial charge >= 0.3 is 5.97 Å². The monoisotopic (exact) mass is 641 g/mol. The van der Waals surface area contributed by atoms with Crippen LogP contribution in [0.25, 0.3) is 21.3 Å². The summed E-state index contributed by atoms with van der Waals surface area (Å²) < 4.78 is 19.4. The van der Waals surface area contributed by atoms with E-state index in [1.54, 1.807) is 18.4 Å². The van der Waals surface area contributed by atoms with Crippen LogP contribution in [0, 0.1) is 0 Å². The highest BCUT2D eigenvalue weighted by Gasteiger charge is 2.38. The zero-order valence-electron chi connectivity index (χ0n) is 24.0. The van der Waals surface area contributed by atoms with Crippen molar-refractivity contribution in [2.45, 2.75) is 63.9 Å². The van der Waals surface area contributed by atoms with Crippen LogP contribution in [0.3, 0.4) is 0 Å². The fourth-order valence-electron chi connectivity index (χ4n) is 6.28. The number of carboxylic acids is 1. The maximum atomic E-state index is 11.7. The number of piperazine rings is 1. The largest absolute Gasteiger partial charge is 0.489 e. The Morgan fingerprint density at radius 1 is 1.19 bits per heavy atom. The third-order valence-corrected chi connectivity index (χ3v) is 10.2. The Balaban J connectivity index is 1.06. The molecule has 0 radical (unpaired) electrons. The van der Waals surface area contributed by atoms with Crippen LogP contribution in [0.1, 0.15) is 60.7 Å². The maximum Gasteiger partial charge on any atom is 0.335 e. The number of furan rings is 1. The summed E-state index contributed by atoms with van der Waals surface area (Å²) >= 11 is 14.7. The van der Waals surface area contributed by atoms with Gasteiger partial charge in [-0.2, -0.15) is 0 Å². The van der Waals surface area contributed by atoms with Crippen molar-refractivity contribution in [3.05, 3.63) is 63.5 Å². The van der Waals surface area contributed by atoms with Crippen molar-refractivity contribution in [1.82, 2.24) is 9.88 Å². The van der Waals surface area contributed by atoms with Gasteiger partial charge in [0, 0.05) is 54.8 Å². The van der Waals surface area contributed by atoms with Crippen LogP contribution < -0.4 is 9.64 Å². The Bertz CT molecular complexity index is 1660. The molecule has 2 aromatic heterocycles. The number of hydrogen-bond acceptors (Lipinski definition) is 8. The molecule has 2 aliphatic heterocycles. The van der Waals surface area contributed by atoms with Gasteiger partial charge in [-0.15, -0.1) is 0 Å². The van der Waals surface area contributed by atoms with Crippen LogP contribution in [-0.2, 0) is 11.3 Å². The summed E-state index contributed by atoms with van der Waals surface area (Å²) in [6.45, 7) is 7.79. The zero-order chi connectivity index (χ0) is 29.8. The first-order valence-electron chi connectivity index (χ1n) is 14.7. The van der Waals surface area contributed by atoms with Crippen molar-refractivity contribution in [1.29, 1.82) is 0 Å². The molecule has 0 unspecified atom stereocenters. The first kappa shape index (κ1) is 28.9. The van der Waals surface area contributed by atoms with Crippen molar-refractivity contribution in [2.75, 3.05) is 31.1 Å². The summed E-state index contributed by atoms with van der Waals surface area (Å²) in [5.41, 5.74) is 3.70. The van der Waals surface area contributed by atoms with Crippen molar-refractivity contribution < 1.29 is 23.8 Å². The number of ether oxygens (including phenoxy) is 2. The molecule has 43 heavy (non-hydrogen) atoms. The average Bonchev–Trinajstić information content (AvgIpc) is 3.38. The summed E-state index contributed by atoms with van der Waals surface area (Å²) in [5, 5.41) is 11.7. The number of aromatic carboxylic acids is 1. The SMILES string of the molecule is CC(C)Oc1cc(C(=O)O)cc2sc(N3CCN4C[C@@H](OCc5c(-c6c(Cl)cccc6Cl)coc5C5CC5)C[C@@H]4C3)nc12. The van der Waals surface area contributed by atoms with Crippen LogP contribution >= 0.6 is 34.5 Å². The van der Waals surface area contributed by atoms with Gasteiger partial charge < -0.3 is 23.9 Å². The molecular formula is C32H33Cl2N3O5S. The summed E-state index contributed by atoms with van der Waals surface area (Å²) in [7, 11) is 0. The van der Waals surface area contributed by atoms with Crippen LogP contribution in [-0.4, -0.2) is 65.4 Å². The lowest BCUT2D eigenvalue weighted by Crippen LogP contribution is -2.50. The molecule has 4 heterocycles. The molecule has 4 aromatic rings. The normalized spacial score (nSPS) is 20.7. The van der Waals surface area contributed by atoms with E-state index in [0.29, 0.717) is 34.4 Å². The minimum Gasteiger partial charge on any atom is -0.489 e. The molecule has 1 saturated carbocycles. The van der Waals surface area contributed by atoms with Gasteiger partial charge in [0.2, 0.25) is 0 Å². The topological polar surface area (TPSA) is 88.3 Å². The second-order valence-electron chi connectivity index (χ2n) is 11.9. The van der Waals surface area contributed by atoms with E-state index in [4.69, 9.17) is 42.1 Å². The molecule has 7 rings (SSSR count). The van der Waals surface area contributed by atoms with E-state index in [1.807, 2.05) is 32.0 Å². The molecule has 0 amide bonds. The Kier molecular flexibility index (Phi) is 7.80. The first-order valence-corrected chi connectivity index (χ1v) is 16.3. The molecule has 0 spiro atoms. The van der Waals surface area contributed by atoms with Gasteiger partial charge in [-0.25, -0.2) is 9.78 Å². The van der Waals surface area contributed by atoms with Gasteiger partial charge in [-0.1, -0.05) is 40.6 Å². The molecule has 2 aromatic carbocycles. The number of aromatic nitrogens is 1. The molecular weight excluding hydrogens is 609 g/mol. The van der Waals surface area contributed by atoms with E-state index in [2.05, 4.69) is 9.80 Å². The average molecular weight is 643 g/mol. The number of rotatable bonds is 9. The third kappa shape index (κ3) is 5.73. The standard InChI is InChI=1S/C32H33Cl2N3O5S/c1-17(2)42-26-10-19(31(38)39)11-27-29(26)35-32(43-27)37-9-8-36-14-21(12-20(36)13-37)40-16-23-22(15-41-30(23)18-6-7-18)28-24(33)4-3-5-25(28)34/h3-5,10-11,15,17-18,20-21H,6-9,12-14,16H2,1-2H3,(H,38,39)/t20-,21+/m1/s1. The van der Waals surface area contributed by atoms with Crippen LogP contribution in [0.2, 0.25) is 10.0 Å². The number of benzene rings is 2. The minimum absolute atomic E-state index is 0.0866. The van der Waals surface area contributed by atoms with Gasteiger partial charge in [0.25, 0.3) is 0 Å². The molecule has 2 saturated heterocycles. The number of carboxylic acid groups (broad SMARTS) is 1. The highest BCUT2D eigenvalue weighted by molar-refractivity contribution is 7.22. The summed E-state index contributed by atoms with van der Waals surface area (Å²) in [4.78, 5) is 21.5. The van der Waals surface area contributed by atoms with Crippen LogP contribution in [0.15, 0.2) is 41.0 Å². The lowest BCUT2D eigenvalue weighted by atomic mass is 10.0. The lowest BCUT2D eigenvalue weighted by molar-refractivity contribution is 0.0463. The molecule has 11 heteroatoms. The zero-order valence-corrected chi connectivity index (χ0v) is 26.3. The third-order valence-electron chi connectivity index (χ3n) is 8.48. The van der Waals surface area contributed by atoms with E-state index >= 15 is 0 Å². The maximum absolute atomic E-state index is 11.7. The van der Waals surface area contributed by atoms with Crippen LogP contribution in [0.5, 0.6) is 5.75 Å². The molecule has 0 bridgehead atoms. The second-order valence-corrected chi connectivity index (χ2v) is 13.7. The minimum atomic E-state index is -0.974. The van der Waals surface area contributed by atoms with Gasteiger partial charge in [0.05, 0.1) is 45.4 Å². The molecule has 226 valence electrons. The van der Waals surface area contributed by atoms with Gasteiger partial charge in [0.1, 0.15) is 17.0 Å². The molecule has 2 atom stereocenters. The summed E-state index contributed by atoms with van der Waals surface area (Å²) in [6.07, 6.45) is 4.96. The molecule has 3 aliphatic rings. The number of nitrogens with zero attached hydrogens (tertiary/aromatic N) is 3. The summed E-state index contributed by atoms with van der Waals surface area (Å²) in [5.74, 6) is 0.972. The Morgan fingerprint density at radius 3 is 2.70 bits per heavy atom. The van der Waals surface area contributed by atoms with Crippen LogP contribution in [0.4, 0.5) is 5.13 Å². The van der Waals surface area contributed by atoms with Gasteiger partial charge in [-0.05, 0) is 57.4 Å². The summed E-state index contributed by atoms with van der Waals surface area (Å²) in [6, 6.07) is 9.17. The Hall–Kier alpha value is -2.82. The first-order chi connectivity index (χ1) is 20.7. The van der Waals surface area contributed by atoms with E-state index < -0.39 is 5.97 Å². The Morgan fingerprint density at radius 2 is 1.98 bits per heavy atom. The number of anilines is 1. The predicted octanol–water partition coefficient (Wildman–Crippen LogP) is 7.71. The van der Waals surface area contributed by atoms with E-state index in [1.165, 1.54) is 11.3 Å². The van der Waals surface area contributed by atoms with Crippen molar-refractivity contribution in [2.24, 2.45) is 0 Å². The van der Waals surface area contributed by atoms with Crippen molar-refractivity contribution in [3.63, 3.8) is 0 Å². The number of carbonyl (C=O) groups is 1. The number of thiazole rings is 1. The van der Waals surface area contributed by atoms with Gasteiger partial charge in [-0.3, -0.25) is 4.90 Å². The Labute approximate surface area is 264 Å². The highest BCUT2D eigenvalue weighted by atomic mass is 35.5. The van der Waals surface area contributed by atoms with Crippen molar-refractivity contribution >= 4 is 55.9 Å². The smallest absolute Gasteiger partial charge is 0.335 e.